The van der Waals surface area contributed by atoms with Crippen LogP contribution in [0.2, 0.25) is 0 Å². The number of hydrogen-bond donors (Lipinski definition) is 3. The third-order valence-corrected chi connectivity index (χ3v) is 5.73. The lowest BCUT2D eigenvalue weighted by atomic mass is 9.86. The Bertz CT molecular complexity index is 863. The Morgan fingerprint density at radius 1 is 1.19 bits per heavy atom. The van der Waals surface area contributed by atoms with E-state index in [1.54, 1.807) is 12.1 Å². The molecule has 8 nitrogen and oxygen atoms in total. The van der Waals surface area contributed by atoms with E-state index in [1.165, 1.54) is 0 Å². The second-order valence-electron chi connectivity index (χ2n) is 7.82. The maximum Gasteiger partial charge on any atom is 0.262 e. The van der Waals surface area contributed by atoms with Crippen molar-refractivity contribution in [3.05, 3.63) is 34.9 Å². The van der Waals surface area contributed by atoms with Crippen LogP contribution >= 0.6 is 0 Å². The summed E-state index contributed by atoms with van der Waals surface area (Å²) in [5, 5.41) is 8.98. The number of carbonyl (C=O) groups is 4. The Hall–Kier alpha value is -2.58. The van der Waals surface area contributed by atoms with Crippen LogP contribution in [0.5, 0.6) is 0 Å². The van der Waals surface area contributed by atoms with Crippen molar-refractivity contribution in [2.75, 3.05) is 6.54 Å². The molecule has 3 heterocycles. The molecule has 2 fully saturated rings. The summed E-state index contributed by atoms with van der Waals surface area (Å²) in [7, 11) is 0. The molecule has 142 valence electrons. The highest BCUT2D eigenvalue weighted by molar-refractivity contribution is 6.24. The molecule has 1 aromatic rings. The van der Waals surface area contributed by atoms with Crippen molar-refractivity contribution in [2.45, 2.75) is 50.9 Å². The smallest absolute Gasteiger partial charge is 0.262 e. The maximum atomic E-state index is 13.0. The Labute approximate surface area is 156 Å². The fourth-order valence-corrected chi connectivity index (χ4v) is 3.91. The van der Waals surface area contributed by atoms with Gasteiger partial charge in [0.1, 0.15) is 6.04 Å². The number of hydrogen-bond acceptors (Lipinski definition) is 6. The SMILES string of the molecule is CC1(C)NCC1NCc1cccc2c1C(=O)N(C1CCC(=O)NC1=O)C2=O. The van der Waals surface area contributed by atoms with Gasteiger partial charge in [-0.1, -0.05) is 12.1 Å². The molecule has 0 aliphatic carbocycles. The van der Waals surface area contributed by atoms with Gasteiger partial charge in [0.15, 0.2) is 0 Å². The van der Waals surface area contributed by atoms with Crippen LogP contribution in [0, 0.1) is 0 Å². The Morgan fingerprint density at radius 3 is 2.59 bits per heavy atom. The zero-order valence-electron chi connectivity index (χ0n) is 15.3. The number of carbonyl (C=O) groups excluding carboxylic acids is 4. The van der Waals surface area contributed by atoms with E-state index in [0.29, 0.717) is 17.7 Å². The van der Waals surface area contributed by atoms with Gasteiger partial charge in [-0.15, -0.1) is 0 Å². The molecule has 0 spiro atoms. The molecule has 4 amide bonds. The molecule has 0 saturated carbocycles. The van der Waals surface area contributed by atoms with E-state index in [1.807, 2.05) is 6.07 Å². The standard InChI is InChI=1S/C19H22N4O4/c1-19(2)13(9-21-19)20-8-10-4-3-5-11-15(10)18(27)23(17(11)26)12-6-7-14(24)22-16(12)25/h3-5,12-13,20-21H,6-9H2,1-2H3,(H,22,24,25). The number of fused-ring (bicyclic) bond motifs is 1. The zero-order valence-corrected chi connectivity index (χ0v) is 15.3. The van der Waals surface area contributed by atoms with E-state index >= 15 is 0 Å². The zero-order chi connectivity index (χ0) is 19.3. The van der Waals surface area contributed by atoms with Crippen molar-refractivity contribution < 1.29 is 19.2 Å². The summed E-state index contributed by atoms with van der Waals surface area (Å²) >= 11 is 0. The lowest BCUT2D eigenvalue weighted by Crippen LogP contribution is -2.70. The fraction of sp³-hybridized carbons (Fsp3) is 0.474. The lowest BCUT2D eigenvalue weighted by Gasteiger charge is -2.46. The van der Waals surface area contributed by atoms with E-state index in [9.17, 15) is 19.2 Å². The quantitative estimate of drug-likeness (QED) is 0.641. The maximum absolute atomic E-state index is 13.0. The molecule has 0 bridgehead atoms. The van der Waals surface area contributed by atoms with E-state index in [-0.39, 0.29) is 30.3 Å². The van der Waals surface area contributed by atoms with Crippen LogP contribution in [0.15, 0.2) is 18.2 Å². The predicted octanol–water partition coefficient (Wildman–Crippen LogP) is -0.0722. The number of rotatable bonds is 4. The Kier molecular flexibility index (Phi) is 4.12. The average molecular weight is 370 g/mol. The highest BCUT2D eigenvalue weighted by Crippen LogP contribution is 2.30. The lowest BCUT2D eigenvalue weighted by molar-refractivity contribution is -0.136. The first-order chi connectivity index (χ1) is 12.8. The molecule has 3 N–H and O–H groups in total. The van der Waals surface area contributed by atoms with Crippen molar-refractivity contribution in [3.8, 4) is 0 Å². The summed E-state index contributed by atoms with van der Waals surface area (Å²) in [5.41, 5.74) is 1.39. The van der Waals surface area contributed by atoms with Crippen LogP contribution in [-0.4, -0.2) is 52.7 Å². The molecule has 2 atom stereocenters. The summed E-state index contributed by atoms with van der Waals surface area (Å²) in [6.07, 6.45) is 0.271. The molecule has 8 heteroatoms. The van der Waals surface area contributed by atoms with Gasteiger partial charge in [-0.05, 0) is 31.9 Å². The first-order valence-electron chi connectivity index (χ1n) is 9.11. The molecule has 0 aromatic heterocycles. The average Bonchev–Trinajstić information content (AvgIpc) is 2.86. The van der Waals surface area contributed by atoms with Crippen molar-refractivity contribution in [2.24, 2.45) is 0 Å². The third-order valence-electron chi connectivity index (χ3n) is 5.73. The van der Waals surface area contributed by atoms with Gasteiger partial charge < -0.3 is 10.6 Å². The van der Waals surface area contributed by atoms with Gasteiger partial charge in [0.2, 0.25) is 11.8 Å². The number of nitrogens with one attached hydrogen (secondary N) is 3. The van der Waals surface area contributed by atoms with Crippen molar-refractivity contribution in [1.82, 2.24) is 20.9 Å². The normalized spacial score (nSPS) is 26.7. The van der Waals surface area contributed by atoms with Crippen LogP contribution < -0.4 is 16.0 Å². The van der Waals surface area contributed by atoms with E-state index in [4.69, 9.17) is 0 Å². The van der Waals surface area contributed by atoms with Crippen molar-refractivity contribution in [1.29, 1.82) is 0 Å². The molecular formula is C19H22N4O4. The summed E-state index contributed by atoms with van der Waals surface area (Å²) in [6.45, 7) is 5.50. The van der Waals surface area contributed by atoms with Gasteiger partial charge in [0.25, 0.3) is 11.8 Å². The number of amides is 4. The second kappa shape index (κ2) is 6.24. The number of nitrogens with zero attached hydrogens (tertiary/aromatic N) is 1. The summed E-state index contributed by atoms with van der Waals surface area (Å²) < 4.78 is 0. The minimum Gasteiger partial charge on any atom is -0.309 e. The Morgan fingerprint density at radius 2 is 1.96 bits per heavy atom. The van der Waals surface area contributed by atoms with Gasteiger partial charge in [-0.2, -0.15) is 0 Å². The van der Waals surface area contributed by atoms with E-state index in [2.05, 4.69) is 29.8 Å². The van der Waals surface area contributed by atoms with Gasteiger partial charge in [-0.3, -0.25) is 29.4 Å². The topological polar surface area (TPSA) is 108 Å². The minimum absolute atomic E-state index is 0.0173. The van der Waals surface area contributed by atoms with E-state index in [0.717, 1.165) is 17.0 Å². The van der Waals surface area contributed by atoms with Gasteiger partial charge in [0.05, 0.1) is 11.1 Å². The molecule has 2 saturated heterocycles. The van der Waals surface area contributed by atoms with Crippen molar-refractivity contribution >= 4 is 23.6 Å². The molecule has 27 heavy (non-hydrogen) atoms. The number of benzene rings is 1. The van der Waals surface area contributed by atoms with Gasteiger partial charge in [-0.25, -0.2) is 0 Å². The molecular weight excluding hydrogens is 348 g/mol. The van der Waals surface area contributed by atoms with Crippen LogP contribution in [-0.2, 0) is 16.1 Å². The molecule has 1 aromatic carbocycles. The predicted molar refractivity (Wildman–Crippen MR) is 95.8 cm³/mol. The summed E-state index contributed by atoms with van der Waals surface area (Å²) in [5.74, 6) is -1.91. The van der Waals surface area contributed by atoms with Gasteiger partial charge in [0, 0.05) is 31.1 Å². The highest BCUT2D eigenvalue weighted by Gasteiger charge is 2.45. The van der Waals surface area contributed by atoms with E-state index < -0.39 is 23.8 Å². The molecule has 3 aliphatic heterocycles. The first kappa shape index (κ1) is 17.8. The second-order valence-corrected chi connectivity index (χ2v) is 7.82. The largest absolute Gasteiger partial charge is 0.309 e. The minimum atomic E-state index is -0.939. The summed E-state index contributed by atoms with van der Waals surface area (Å²) in [4.78, 5) is 50.3. The molecule has 4 rings (SSSR count). The van der Waals surface area contributed by atoms with Crippen LogP contribution in [0.1, 0.15) is 53.0 Å². The highest BCUT2D eigenvalue weighted by atomic mass is 16.2. The van der Waals surface area contributed by atoms with Crippen molar-refractivity contribution in [3.63, 3.8) is 0 Å². The summed E-state index contributed by atoms with van der Waals surface area (Å²) in [6, 6.07) is 4.51. The van der Waals surface area contributed by atoms with Gasteiger partial charge >= 0.3 is 0 Å². The molecule has 0 radical (unpaired) electrons. The molecule has 3 aliphatic rings. The van der Waals surface area contributed by atoms with Crippen LogP contribution in [0.25, 0.3) is 0 Å². The third kappa shape index (κ3) is 2.85. The number of imide groups is 2. The fourth-order valence-electron chi connectivity index (χ4n) is 3.91. The Balaban J connectivity index is 1.58. The first-order valence-corrected chi connectivity index (χ1v) is 9.11. The molecule has 2 unspecified atom stereocenters. The monoisotopic (exact) mass is 370 g/mol. The number of piperidine rings is 1. The van der Waals surface area contributed by atoms with Crippen LogP contribution in [0.4, 0.5) is 0 Å². The van der Waals surface area contributed by atoms with Crippen LogP contribution in [0.3, 0.4) is 0 Å².